The molecule has 1 saturated heterocycles. The number of thiophene rings is 1. The molecule has 2 heterocycles. The number of halogens is 1. The van der Waals surface area contributed by atoms with Gasteiger partial charge in [0.2, 0.25) is 0 Å². The van der Waals surface area contributed by atoms with Crippen LogP contribution in [0.4, 0.5) is 0 Å². The average Bonchev–Trinajstić information content (AvgIpc) is 2.65. The Morgan fingerprint density at radius 3 is 3.12 bits per heavy atom. The van der Waals surface area contributed by atoms with E-state index in [9.17, 15) is 0 Å². The molecule has 1 aromatic heterocycles. The van der Waals surface area contributed by atoms with E-state index >= 15 is 0 Å². The van der Waals surface area contributed by atoms with Crippen LogP contribution in [-0.2, 0) is 6.54 Å². The van der Waals surface area contributed by atoms with Crippen molar-refractivity contribution >= 4 is 44.5 Å². The summed E-state index contributed by atoms with van der Waals surface area (Å²) in [4.78, 5) is 4.52. The fourth-order valence-corrected chi connectivity index (χ4v) is 3.78. The quantitative estimate of drug-likeness (QED) is 0.869. The van der Waals surface area contributed by atoms with Crippen LogP contribution in [0.3, 0.4) is 0 Å². The van der Waals surface area contributed by atoms with Crippen molar-refractivity contribution in [3.63, 3.8) is 0 Å². The molecule has 0 saturated carbocycles. The van der Waals surface area contributed by atoms with E-state index in [-0.39, 0.29) is 0 Å². The first kappa shape index (κ1) is 12.5. The van der Waals surface area contributed by atoms with Crippen LogP contribution in [0.1, 0.15) is 17.7 Å². The van der Waals surface area contributed by atoms with Gasteiger partial charge in [-0.15, -0.1) is 11.3 Å². The maximum Gasteiger partial charge on any atom is 0.0771 e. The van der Waals surface area contributed by atoms with Gasteiger partial charge in [-0.2, -0.15) is 0 Å². The van der Waals surface area contributed by atoms with E-state index in [1.54, 1.807) is 11.3 Å². The van der Waals surface area contributed by atoms with Gasteiger partial charge in [0.25, 0.3) is 0 Å². The number of hydrogen-bond acceptors (Lipinski definition) is 3. The van der Waals surface area contributed by atoms with Gasteiger partial charge < -0.3 is 5.73 Å². The lowest BCUT2D eigenvalue weighted by Gasteiger charge is -2.31. The number of piperidine rings is 1. The summed E-state index contributed by atoms with van der Waals surface area (Å²) in [6, 6.07) is 2.11. The summed E-state index contributed by atoms with van der Waals surface area (Å²) in [6.45, 7) is 3.18. The molecule has 2 nitrogen and oxygen atoms in total. The number of rotatable bonds is 3. The Bertz CT molecular complexity index is 378. The Hall–Kier alpha value is 0.0300. The minimum atomic E-state index is 0.405. The molecule has 1 atom stereocenters. The van der Waals surface area contributed by atoms with Crippen molar-refractivity contribution < 1.29 is 0 Å². The summed E-state index contributed by atoms with van der Waals surface area (Å²) >= 11 is 10.5. The third kappa shape index (κ3) is 3.03. The van der Waals surface area contributed by atoms with Gasteiger partial charge in [0, 0.05) is 28.4 Å². The van der Waals surface area contributed by atoms with Crippen LogP contribution in [0.25, 0.3) is 0 Å². The lowest BCUT2D eigenvalue weighted by atomic mass is 9.98. The van der Waals surface area contributed by atoms with Gasteiger partial charge in [-0.3, -0.25) is 4.90 Å². The van der Waals surface area contributed by atoms with E-state index in [2.05, 4.69) is 32.3 Å². The molecule has 1 aromatic rings. The second-order valence-electron chi connectivity index (χ2n) is 4.17. The minimum Gasteiger partial charge on any atom is -0.393 e. The summed E-state index contributed by atoms with van der Waals surface area (Å²) in [7, 11) is 0. The smallest absolute Gasteiger partial charge is 0.0771 e. The highest BCUT2D eigenvalue weighted by Gasteiger charge is 2.22. The molecule has 5 heteroatoms. The molecular formula is C11H15BrN2S2. The van der Waals surface area contributed by atoms with Gasteiger partial charge >= 0.3 is 0 Å². The van der Waals surface area contributed by atoms with Crippen molar-refractivity contribution in [2.24, 2.45) is 11.7 Å². The standard InChI is InChI=1S/C11H15BrN2S2/c12-9-3-5-16-10(9)7-14-4-1-2-8(6-14)11(13)15/h3,5,8H,1-2,4,6-7H2,(H2,13,15). The van der Waals surface area contributed by atoms with Crippen molar-refractivity contribution in [1.82, 2.24) is 4.90 Å². The van der Waals surface area contributed by atoms with Gasteiger partial charge in [-0.05, 0) is 46.8 Å². The molecule has 88 valence electrons. The first-order valence-electron chi connectivity index (χ1n) is 5.40. The summed E-state index contributed by atoms with van der Waals surface area (Å²) in [5.74, 6) is 0.405. The number of nitrogens with two attached hydrogens (primary N) is 1. The summed E-state index contributed by atoms with van der Waals surface area (Å²) in [5, 5.41) is 2.12. The predicted octanol–water partition coefficient (Wildman–Crippen LogP) is 3.01. The van der Waals surface area contributed by atoms with E-state index in [0.29, 0.717) is 10.9 Å². The highest BCUT2D eigenvalue weighted by molar-refractivity contribution is 9.10. The first-order chi connectivity index (χ1) is 7.66. The topological polar surface area (TPSA) is 29.3 Å². The Labute approximate surface area is 114 Å². The summed E-state index contributed by atoms with van der Waals surface area (Å²) in [5.41, 5.74) is 5.73. The molecule has 0 radical (unpaired) electrons. The molecule has 0 amide bonds. The number of hydrogen-bond donors (Lipinski definition) is 1. The van der Waals surface area contributed by atoms with Crippen LogP contribution >= 0.6 is 39.5 Å². The highest BCUT2D eigenvalue weighted by atomic mass is 79.9. The van der Waals surface area contributed by atoms with Crippen molar-refractivity contribution in [1.29, 1.82) is 0 Å². The maximum atomic E-state index is 5.73. The number of likely N-dealkylation sites (tertiary alicyclic amines) is 1. The van der Waals surface area contributed by atoms with Crippen LogP contribution in [-0.4, -0.2) is 23.0 Å². The second-order valence-corrected chi connectivity index (χ2v) is 6.49. The minimum absolute atomic E-state index is 0.405. The Morgan fingerprint density at radius 1 is 1.69 bits per heavy atom. The zero-order chi connectivity index (χ0) is 11.5. The van der Waals surface area contributed by atoms with Crippen LogP contribution < -0.4 is 5.73 Å². The molecule has 1 fully saturated rings. The van der Waals surface area contributed by atoms with Gasteiger partial charge in [-0.1, -0.05) is 12.2 Å². The lowest BCUT2D eigenvalue weighted by Crippen LogP contribution is -2.39. The summed E-state index contributed by atoms with van der Waals surface area (Å²) < 4.78 is 1.22. The zero-order valence-corrected chi connectivity index (χ0v) is 12.2. The molecule has 0 aromatic carbocycles. The van der Waals surface area contributed by atoms with Crippen LogP contribution in [0.15, 0.2) is 15.9 Å². The van der Waals surface area contributed by atoms with Gasteiger partial charge in [0.1, 0.15) is 0 Å². The number of thiocarbonyl (C=S) groups is 1. The Balaban J connectivity index is 1.95. The van der Waals surface area contributed by atoms with E-state index in [0.717, 1.165) is 26.1 Å². The number of nitrogens with zero attached hydrogens (tertiary/aromatic N) is 1. The Morgan fingerprint density at radius 2 is 2.50 bits per heavy atom. The van der Waals surface area contributed by atoms with E-state index < -0.39 is 0 Å². The second kappa shape index (κ2) is 5.58. The molecule has 1 aliphatic heterocycles. The Kier molecular flexibility index (Phi) is 4.35. The van der Waals surface area contributed by atoms with Crippen LogP contribution in [0, 0.1) is 5.92 Å². The molecule has 16 heavy (non-hydrogen) atoms. The van der Waals surface area contributed by atoms with E-state index in [1.807, 2.05) is 0 Å². The normalized spacial score (nSPS) is 22.2. The lowest BCUT2D eigenvalue weighted by molar-refractivity contribution is 0.198. The average molecular weight is 319 g/mol. The van der Waals surface area contributed by atoms with E-state index in [4.69, 9.17) is 18.0 Å². The fourth-order valence-electron chi connectivity index (χ4n) is 2.07. The third-order valence-corrected chi connectivity index (χ3v) is 5.21. The van der Waals surface area contributed by atoms with Crippen molar-refractivity contribution in [2.45, 2.75) is 19.4 Å². The molecule has 0 bridgehead atoms. The van der Waals surface area contributed by atoms with Crippen molar-refractivity contribution in [3.05, 3.63) is 20.8 Å². The van der Waals surface area contributed by atoms with Crippen molar-refractivity contribution in [3.8, 4) is 0 Å². The third-order valence-electron chi connectivity index (χ3n) is 2.97. The van der Waals surface area contributed by atoms with Gasteiger partial charge in [-0.25, -0.2) is 0 Å². The largest absolute Gasteiger partial charge is 0.393 e. The predicted molar refractivity (Wildman–Crippen MR) is 76.8 cm³/mol. The van der Waals surface area contributed by atoms with Crippen LogP contribution in [0.5, 0.6) is 0 Å². The van der Waals surface area contributed by atoms with Gasteiger partial charge in [0.15, 0.2) is 0 Å². The zero-order valence-electron chi connectivity index (χ0n) is 8.99. The first-order valence-corrected chi connectivity index (χ1v) is 7.48. The molecule has 1 aliphatic rings. The maximum absolute atomic E-state index is 5.73. The molecule has 0 aliphatic carbocycles. The monoisotopic (exact) mass is 318 g/mol. The van der Waals surface area contributed by atoms with Crippen molar-refractivity contribution in [2.75, 3.05) is 13.1 Å². The molecule has 1 unspecified atom stereocenters. The molecule has 0 spiro atoms. The fraction of sp³-hybridized carbons (Fsp3) is 0.545. The van der Waals surface area contributed by atoms with Gasteiger partial charge in [0.05, 0.1) is 4.99 Å². The van der Waals surface area contributed by atoms with E-state index in [1.165, 1.54) is 15.8 Å². The molecule has 2 N–H and O–H groups in total. The highest BCUT2D eigenvalue weighted by Crippen LogP contribution is 2.26. The molecular weight excluding hydrogens is 304 g/mol. The summed E-state index contributed by atoms with van der Waals surface area (Å²) in [6.07, 6.45) is 2.35. The molecule has 2 rings (SSSR count). The van der Waals surface area contributed by atoms with Crippen LogP contribution in [0.2, 0.25) is 0 Å². The SMILES string of the molecule is NC(=S)C1CCCN(Cc2sccc2Br)C1.